The molecular formula is C10H9NO. The van der Waals surface area contributed by atoms with Gasteiger partial charge in [0.15, 0.2) is 0 Å². The van der Waals surface area contributed by atoms with Crippen LogP contribution in [0.15, 0.2) is 24.3 Å². The molecule has 0 unspecified atom stereocenters. The maximum Gasteiger partial charge on any atom is 0.0991 e. The molecule has 12 heavy (non-hydrogen) atoms. The topological polar surface area (TPSA) is 44.0 Å². The zero-order chi connectivity index (χ0) is 8.60. The lowest BCUT2D eigenvalue weighted by atomic mass is 10.1. The van der Waals surface area contributed by atoms with Crippen molar-refractivity contribution in [2.75, 3.05) is 0 Å². The molecule has 0 amide bonds. The monoisotopic (exact) mass is 159 g/mol. The van der Waals surface area contributed by atoms with Crippen LogP contribution in [0.5, 0.6) is 0 Å². The van der Waals surface area contributed by atoms with Gasteiger partial charge in [0.25, 0.3) is 0 Å². The molecule has 2 heteroatoms. The molecule has 0 aromatic heterocycles. The highest BCUT2D eigenvalue weighted by Gasteiger charge is 2.41. The summed E-state index contributed by atoms with van der Waals surface area (Å²) in [4.78, 5) is 0. The fourth-order valence-electron chi connectivity index (χ4n) is 1.29. The summed E-state index contributed by atoms with van der Waals surface area (Å²) in [5, 5.41) is 18.3. The molecule has 0 radical (unpaired) electrons. The van der Waals surface area contributed by atoms with E-state index in [0.29, 0.717) is 5.56 Å². The molecule has 2 rings (SSSR count). The van der Waals surface area contributed by atoms with E-state index < -0.39 is 5.60 Å². The van der Waals surface area contributed by atoms with Crippen molar-refractivity contribution in [2.45, 2.75) is 18.4 Å². The number of aliphatic hydroxyl groups is 1. The van der Waals surface area contributed by atoms with Gasteiger partial charge in [-0.3, -0.25) is 0 Å². The van der Waals surface area contributed by atoms with E-state index >= 15 is 0 Å². The molecule has 0 aliphatic heterocycles. The average molecular weight is 159 g/mol. The van der Waals surface area contributed by atoms with Gasteiger partial charge < -0.3 is 5.11 Å². The first-order chi connectivity index (χ1) is 5.74. The fraction of sp³-hybridized carbons (Fsp3) is 0.300. The first-order valence-electron chi connectivity index (χ1n) is 3.98. The molecular weight excluding hydrogens is 150 g/mol. The summed E-state index contributed by atoms with van der Waals surface area (Å²) in [5.74, 6) is 0. The smallest absolute Gasteiger partial charge is 0.0991 e. The first kappa shape index (κ1) is 7.33. The van der Waals surface area contributed by atoms with Crippen molar-refractivity contribution >= 4 is 0 Å². The van der Waals surface area contributed by atoms with Crippen LogP contribution in [0, 0.1) is 11.3 Å². The van der Waals surface area contributed by atoms with E-state index in [9.17, 15) is 5.11 Å². The van der Waals surface area contributed by atoms with Gasteiger partial charge >= 0.3 is 0 Å². The third-order valence-corrected chi connectivity index (χ3v) is 2.25. The van der Waals surface area contributed by atoms with Gasteiger partial charge in [-0.2, -0.15) is 5.26 Å². The number of hydrogen-bond acceptors (Lipinski definition) is 2. The Kier molecular flexibility index (Phi) is 1.42. The fourth-order valence-corrected chi connectivity index (χ4v) is 1.29. The Morgan fingerprint density at radius 2 is 2.17 bits per heavy atom. The Bertz CT molecular complexity index is 347. The van der Waals surface area contributed by atoms with Crippen molar-refractivity contribution < 1.29 is 5.11 Å². The van der Waals surface area contributed by atoms with Crippen molar-refractivity contribution in [1.82, 2.24) is 0 Å². The van der Waals surface area contributed by atoms with E-state index in [-0.39, 0.29) is 0 Å². The molecule has 0 bridgehead atoms. The summed E-state index contributed by atoms with van der Waals surface area (Å²) >= 11 is 0. The molecule has 60 valence electrons. The standard InChI is InChI=1S/C10H9NO/c11-7-8-2-1-3-9(6-8)10(12)4-5-10/h1-3,6,12H,4-5H2. The van der Waals surface area contributed by atoms with Crippen LogP contribution in [0.1, 0.15) is 24.0 Å². The predicted octanol–water partition coefficient (Wildman–Crippen LogP) is 1.54. The normalized spacial score (nSPS) is 18.3. The predicted molar refractivity (Wildman–Crippen MR) is 44.3 cm³/mol. The molecule has 1 aromatic rings. The van der Waals surface area contributed by atoms with E-state index in [4.69, 9.17) is 5.26 Å². The highest BCUT2D eigenvalue weighted by atomic mass is 16.3. The largest absolute Gasteiger partial charge is 0.385 e. The van der Waals surface area contributed by atoms with Gasteiger partial charge in [-0.1, -0.05) is 12.1 Å². The lowest BCUT2D eigenvalue weighted by Gasteiger charge is -2.06. The molecule has 0 atom stereocenters. The van der Waals surface area contributed by atoms with Crippen molar-refractivity contribution in [3.8, 4) is 6.07 Å². The molecule has 1 aliphatic carbocycles. The molecule has 2 nitrogen and oxygen atoms in total. The minimum Gasteiger partial charge on any atom is -0.385 e. The number of benzene rings is 1. The Morgan fingerprint density at radius 3 is 2.75 bits per heavy atom. The molecule has 1 aliphatic rings. The zero-order valence-corrected chi connectivity index (χ0v) is 6.62. The number of hydrogen-bond donors (Lipinski definition) is 1. The quantitative estimate of drug-likeness (QED) is 0.675. The zero-order valence-electron chi connectivity index (χ0n) is 6.62. The van der Waals surface area contributed by atoms with E-state index in [1.165, 1.54) is 0 Å². The van der Waals surface area contributed by atoms with E-state index in [1.54, 1.807) is 12.1 Å². The van der Waals surface area contributed by atoms with E-state index in [0.717, 1.165) is 18.4 Å². The van der Waals surface area contributed by atoms with Crippen LogP contribution in [0.2, 0.25) is 0 Å². The summed E-state index contributed by atoms with van der Waals surface area (Å²) < 4.78 is 0. The number of nitrogens with zero attached hydrogens (tertiary/aromatic N) is 1. The molecule has 1 aromatic carbocycles. The Morgan fingerprint density at radius 1 is 1.42 bits per heavy atom. The second kappa shape index (κ2) is 2.33. The third kappa shape index (κ3) is 1.09. The highest BCUT2D eigenvalue weighted by Crippen LogP contribution is 2.45. The summed E-state index contributed by atoms with van der Waals surface area (Å²) in [5.41, 5.74) is 0.877. The van der Waals surface area contributed by atoms with Crippen LogP contribution in [0.3, 0.4) is 0 Å². The van der Waals surface area contributed by atoms with Gasteiger partial charge in [-0.15, -0.1) is 0 Å². The number of rotatable bonds is 1. The molecule has 1 saturated carbocycles. The Labute approximate surface area is 71.1 Å². The second-order valence-corrected chi connectivity index (χ2v) is 3.22. The van der Waals surface area contributed by atoms with Gasteiger partial charge in [0.05, 0.1) is 17.2 Å². The summed E-state index contributed by atoms with van der Waals surface area (Å²) in [7, 11) is 0. The first-order valence-corrected chi connectivity index (χ1v) is 3.98. The maximum absolute atomic E-state index is 9.71. The van der Waals surface area contributed by atoms with Crippen LogP contribution in [0.4, 0.5) is 0 Å². The van der Waals surface area contributed by atoms with Crippen LogP contribution < -0.4 is 0 Å². The van der Waals surface area contributed by atoms with Crippen molar-refractivity contribution in [3.63, 3.8) is 0 Å². The molecule has 1 N–H and O–H groups in total. The Hall–Kier alpha value is -1.33. The third-order valence-electron chi connectivity index (χ3n) is 2.25. The molecule has 0 spiro atoms. The lowest BCUT2D eigenvalue weighted by Crippen LogP contribution is -2.03. The van der Waals surface area contributed by atoms with Crippen LogP contribution in [-0.4, -0.2) is 5.11 Å². The lowest BCUT2D eigenvalue weighted by molar-refractivity contribution is 0.151. The van der Waals surface area contributed by atoms with E-state index in [1.807, 2.05) is 12.1 Å². The van der Waals surface area contributed by atoms with Crippen LogP contribution in [0.25, 0.3) is 0 Å². The van der Waals surface area contributed by atoms with Crippen molar-refractivity contribution in [3.05, 3.63) is 35.4 Å². The van der Waals surface area contributed by atoms with Gasteiger partial charge in [0.2, 0.25) is 0 Å². The molecule has 0 saturated heterocycles. The second-order valence-electron chi connectivity index (χ2n) is 3.22. The van der Waals surface area contributed by atoms with Gasteiger partial charge in [0, 0.05) is 0 Å². The van der Waals surface area contributed by atoms with E-state index in [2.05, 4.69) is 6.07 Å². The molecule has 0 heterocycles. The van der Waals surface area contributed by atoms with Gasteiger partial charge in [0.1, 0.15) is 0 Å². The van der Waals surface area contributed by atoms with Crippen molar-refractivity contribution in [1.29, 1.82) is 5.26 Å². The SMILES string of the molecule is N#Cc1cccc(C2(O)CC2)c1. The highest BCUT2D eigenvalue weighted by molar-refractivity contribution is 5.37. The Balaban J connectivity index is 2.40. The average Bonchev–Trinajstić information content (AvgIpc) is 2.85. The summed E-state index contributed by atoms with van der Waals surface area (Å²) in [6, 6.07) is 9.24. The van der Waals surface area contributed by atoms with Crippen molar-refractivity contribution in [2.24, 2.45) is 0 Å². The summed E-state index contributed by atoms with van der Waals surface area (Å²) in [6.07, 6.45) is 1.64. The number of nitriles is 1. The maximum atomic E-state index is 9.71. The molecule has 1 fully saturated rings. The minimum absolute atomic E-state index is 0.618. The minimum atomic E-state index is -0.618. The van der Waals surface area contributed by atoms with Gasteiger partial charge in [-0.05, 0) is 30.5 Å². The van der Waals surface area contributed by atoms with Crippen LogP contribution >= 0.6 is 0 Å². The summed E-state index contributed by atoms with van der Waals surface area (Å²) in [6.45, 7) is 0. The van der Waals surface area contributed by atoms with Crippen LogP contribution in [-0.2, 0) is 5.60 Å². The van der Waals surface area contributed by atoms with Gasteiger partial charge in [-0.25, -0.2) is 0 Å².